The molecule has 0 radical (unpaired) electrons. The molecule has 2 amide bonds. The molecule has 1 saturated carbocycles. The molecule has 1 N–H and O–H groups in total. The lowest BCUT2D eigenvalue weighted by atomic mass is 9.55. The van der Waals surface area contributed by atoms with E-state index < -0.39 is 0 Å². The number of carbonyl (C=O) groups is 2. The molecule has 0 aromatic carbocycles. The predicted octanol–water partition coefficient (Wildman–Crippen LogP) is 2.83. The fourth-order valence-corrected chi connectivity index (χ4v) is 6.05. The molecule has 31 heavy (non-hydrogen) atoms. The van der Waals surface area contributed by atoms with Crippen molar-refractivity contribution in [2.75, 3.05) is 46.8 Å². The Labute approximate surface area is 190 Å². The fraction of sp³-hybridized carbons (Fsp3) is 0.920. The van der Waals surface area contributed by atoms with Gasteiger partial charge in [-0.3, -0.25) is 9.59 Å². The zero-order chi connectivity index (χ0) is 22.8. The van der Waals surface area contributed by atoms with E-state index in [2.05, 4.69) is 56.9 Å². The molecule has 6 nitrogen and oxygen atoms in total. The van der Waals surface area contributed by atoms with Gasteiger partial charge in [-0.2, -0.15) is 0 Å². The van der Waals surface area contributed by atoms with Gasteiger partial charge >= 0.3 is 0 Å². The van der Waals surface area contributed by atoms with Crippen LogP contribution in [-0.4, -0.2) is 85.4 Å². The van der Waals surface area contributed by atoms with Crippen molar-refractivity contribution in [2.45, 2.75) is 78.3 Å². The first-order valence-electron chi connectivity index (χ1n) is 12.6. The molecular weight excluding hydrogens is 388 g/mol. The summed E-state index contributed by atoms with van der Waals surface area (Å²) in [7, 11) is 4.33. The molecule has 1 unspecified atom stereocenters. The first-order chi connectivity index (χ1) is 14.6. The highest BCUT2D eigenvalue weighted by molar-refractivity contribution is 5.90. The van der Waals surface area contributed by atoms with Gasteiger partial charge in [0.1, 0.15) is 6.04 Å². The summed E-state index contributed by atoms with van der Waals surface area (Å²) in [6.07, 6.45) is 6.47. The van der Waals surface area contributed by atoms with Crippen LogP contribution in [0.15, 0.2) is 0 Å². The largest absolute Gasteiger partial charge is 0.341 e. The molecule has 2 aliphatic heterocycles. The number of piperazine rings is 1. The van der Waals surface area contributed by atoms with E-state index in [0.717, 1.165) is 57.8 Å². The standard InChI is InChI=1S/C25H46N4O2/c1-18(2)15-21-23(30)29(14-11-26-21)22(16-19(3)4)24(31)28-12-9-25(10-13-28)8-7-20(25)17-27(5)6/h18-22,26H,7-17H2,1-6H3/t20?,21-,22-/m0/s1. The maximum Gasteiger partial charge on any atom is 0.245 e. The topological polar surface area (TPSA) is 55.9 Å². The predicted molar refractivity (Wildman–Crippen MR) is 126 cm³/mol. The van der Waals surface area contributed by atoms with E-state index in [-0.39, 0.29) is 23.9 Å². The van der Waals surface area contributed by atoms with Crippen LogP contribution in [0.25, 0.3) is 0 Å². The van der Waals surface area contributed by atoms with Gasteiger partial charge in [0, 0.05) is 32.7 Å². The fourth-order valence-electron chi connectivity index (χ4n) is 6.05. The van der Waals surface area contributed by atoms with Crippen molar-refractivity contribution < 1.29 is 9.59 Å². The molecule has 3 atom stereocenters. The first-order valence-corrected chi connectivity index (χ1v) is 12.6. The number of piperidine rings is 1. The van der Waals surface area contributed by atoms with E-state index in [1.807, 2.05) is 4.90 Å². The van der Waals surface area contributed by atoms with Crippen molar-refractivity contribution in [1.29, 1.82) is 0 Å². The highest BCUT2D eigenvalue weighted by Crippen LogP contribution is 2.53. The minimum atomic E-state index is -0.308. The molecule has 178 valence electrons. The van der Waals surface area contributed by atoms with Crippen LogP contribution in [0.4, 0.5) is 0 Å². The summed E-state index contributed by atoms with van der Waals surface area (Å²) in [4.78, 5) is 33.3. The molecule has 1 aliphatic carbocycles. The Kier molecular flexibility index (Phi) is 8.06. The Morgan fingerprint density at radius 3 is 2.29 bits per heavy atom. The molecule has 0 aromatic rings. The quantitative estimate of drug-likeness (QED) is 0.638. The second-order valence-corrected chi connectivity index (χ2v) is 11.5. The van der Waals surface area contributed by atoms with Gasteiger partial charge in [-0.1, -0.05) is 27.7 Å². The Morgan fingerprint density at radius 2 is 1.77 bits per heavy atom. The number of nitrogens with one attached hydrogen (secondary N) is 1. The normalized spacial score (nSPS) is 27.3. The first kappa shape index (κ1) is 24.5. The monoisotopic (exact) mass is 434 g/mol. The molecule has 3 rings (SSSR count). The van der Waals surface area contributed by atoms with Gasteiger partial charge in [0.25, 0.3) is 0 Å². The lowest BCUT2D eigenvalue weighted by Crippen LogP contribution is -2.62. The van der Waals surface area contributed by atoms with E-state index in [0.29, 0.717) is 23.8 Å². The van der Waals surface area contributed by atoms with Crippen LogP contribution >= 0.6 is 0 Å². The Balaban J connectivity index is 1.66. The molecular formula is C25H46N4O2. The van der Waals surface area contributed by atoms with Crippen molar-refractivity contribution >= 4 is 11.8 Å². The number of amides is 2. The number of nitrogens with zero attached hydrogens (tertiary/aromatic N) is 3. The molecule has 6 heteroatoms. The van der Waals surface area contributed by atoms with Crippen molar-refractivity contribution in [1.82, 2.24) is 20.0 Å². The molecule has 0 aromatic heterocycles. The van der Waals surface area contributed by atoms with Crippen LogP contribution in [0.2, 0.25) is 0 Å². The lowest BCUT2D eigenvalue weighted by molar-refractivity contribution is -0.152. The van der Waals surface area contributed by atoms with Crippen molar-refractivity contribution in [3.05, 3.63) is 0 Å². The van der Waals surface area contributed by atoms with Gasteiger partial charge in [-0.15, -0.1) is 0 Å². The minimum Gasteiger partial charge on any atom is -0.341 e. The van der Waals surface area contributed by atoms with Crippen LogP contribution in [-0.2, 0) is 9.59 Å². The molecule has 3 fully saturated rings. The summed E-state index contributed by atoms with van der Waals surface area (Å²) < 4.78 is 0. The molecule has 1 spiro atoms. The van der Waals surface area contributed by atoms with Crippen LogP contribution in [0.3, 0.4) is 0 Å². The maximum atomic E-state index is 13.7. The second-order valence-electron chi connectivity index (χ2n) is 11.5. The summed E-state index contributed by atoms with van der Waals surface area (Å²) in [6, 6.07) is -0.458. The van der Waals surface area contributed by atoms with Gasteiger partial charge in [-0.25, -0.2) is 0 Å². The summed E-state index contributed by atoms with van der Waals surface area (Å²) in [5.41, 5.74) is 0.446. The summed E-state index contributed by atoms with van der Waals surface area (Å²) in [5, 5.41) is 3.38. The molecule has 0 bridgehead atoms. The second kappa shape index (κ2) is 10.2. The number of hydrogen-bond acceptors (Lipinski definition) is 4. The zero-order valence-corrected chi connectivity index (χ0v) is 20.8. The number of rotatable bonds is 8. The average molecular weight is 435 g/mol. The van der Waals surface area contributed by atoms with Crippen LogP contribution < -0.4 is 5.32 Å². The Hall–Kier alpha value is -1.14. The summed E-state index contributed by atoms with van der Waals surface area (Å²) >= 11 is 0. The van der Waals surface area contributed by atoms with E-state index >= 15 is 0 Å². The van der Waals surface area contributed by atoms with Crippen LogP contribution in [0.1, 0.15) is 66.2 Å². The van der Waals surface area contributed by atoms with Crippen LogP contribution in [0, 0.1) is 23.2 Å². The van der Waals surface area contributed by atoms with E-state index in [9.17, 15) is 9.59 Å². The Morgan fingerprint density at radius 1 is 1.10 bits per heavy atom. The Bertz CT molecular complexity index is 625. The van der Waals surface area contributed by atoms with Gasteiger partial charge in [-0.05, 0) is 75.8 Å². The molecule has 2 heterocycles. The van der Waals surface area contributed by atoms with Gasteiger partial charge < -0.3 is 20.0 Å². The third kappa shape index (κ3) is 5.62. The van der Waals surface area contributed by atoms with Gasteiger partial charge in [0.15, 0.2) is 0 Å². The van der Waals surface area contributed by atoms with Gasteiger partial charge in [0.05, 0.1) is 6.04 Å². The van der Waals surface area contributed by atoms with Crippen molar-refractivity contribution in [3.63, 3.8) is 0 Å². The van der Waals surface area contributed by atoms with Gasteiger partial charge in [0.2, 0.25) is 11.8 Å². The maximum absolute atomic E-state index is 13.7. The number of likely N-dealkylation sites (tertiary alicyclic amines) is 1. The average Bonchev–Trinajstić information content (AvgIpc) is 2.70. The molecule has 3 aliphatic rings. The zero-order valence-electron chi connectivity index (χ0n) is 20.8. The van der Waals surface area contributed by atoms with E-state index in [1.165, 1.54) is 12.8 Å². The van der Waals surface area contributed by atoms with E-state index in [1.54, 1.807) is 0 Å². The van der Waals surface area contributed by atoms with Crippen molar-refractivity contribution in [2.24, 2.45) is 23.2 Å². The smallest absolute Gasteiger partial charge is 0.245 e. The highest BCUT2D eigenvalue weighted by atomic mass is 16.2. The van der Waals surface area contributed by atoms with Crippen LogP contribution in [0.5, 0.6) is 0 Å². The number of carbonyl (C=O) groups excluding carboxylic acids is 2. The highest BCUT2D eigenvalue weighted by Gasteiger charge is 2.49. The SMILES string of the molecule is CC(C)C[C@@H]1NCCN([C@@H](CC(C)C)C(=O)N2CCC3(CCC3CN(C)C)CC2)C1=O. The van der Waals surface area contributed by atoms with E-state index in [4.69, 9.17) is 0 Å². The minimum absolute atomic E-state index is 0.123. The molecule has 2 saturated heterocycles. The summed E-state index contributed by atoms with van der Waals surface area (Å²) in [6.45, 7) is 12.9. The summed E-state index contributed by atoms with van der Waals surface area (Å²) in [5.74, 6) is 1.92. The third-order valence-corrected chi connectivity index (χ3v) is 7.90. The lowest BCUT2D eigenvalue weighted by Gasteiger charge is -2.55. The number of hydrogen-bond donors (Lipinski definition) is 1. The van der Waals surface area contributed by atoms with Crippen molar-refractivity contribution in [3.8, 4) is 0 Å². The third-order valence-electron chi connectivity index (χ3n) is 7.90.